The predicted molar refractivity (Wildman–Crippen MR) is 75.9 cm³/mol. The van der Waals surface area contributed by atoms with E-state index in [4.69, 9.17) is 26.6 Å². The van der Waals surface area contributed by atoms with Crippen LogP contribution in [-0.4, -0.2) is 22.8 Å². The summed E-state index contributed by atoms with van der Waals surface area (Å²) in [5.41, 5.74) is 1.04. The molecule has 0 atom stereocenters. The largest absolute Gasteiger partial charge is 0.481 e. The minimum absolute atomic E-state index is 0.185. The second kappa shape index (κ2) is 6.56. The lowest BCUT2D eigenvalue weighted by Crippen LogP contribution is -2.10. The molecule has 0 aliphatic rings. The number of halogens is 2. The summed E-state index contributed by atoms with van der Waals surface area (Å²) in [5, 5.41) is 18.2. The topological polar surface area (TPSA) is 66.8 Å². The summed E-state index contributed by atoms with van der Waals surface area (Å²) < 4.78 is 19.2. The molecular formula is C15H12ClFO4. The van der Waals surface area contributed by atoms with Crippen molar-refractivity contribution in [3.8, 4) is 16.9 Å². The molecule has 0 bridgehead atoms. The van der Waals surface area contributed by atoms with E-state index in [1.54, 1.807) is 0 Å². The molecule has 0 heterocycles. The van der Waals surface area contributed by atoms with Crippen molar-refractivity contribution in [1.29, 1.82) is 0 Å². The molecule has 0 fully saturated rings. The van der Waals surface area contributed by atoms with Gasteiger partial charge >= 0.3 is 5.97 Å². The minimum atomic E-state index is -1.14. The van der Waals surface area contributed by atoms with Crippen molar-refractivity contribution in [2.24, 2.45) is 0 Å². The highest BCUT2D eigenvalue weighted by Crippen LogP contribution is 2.34. The van der Waals surface area contributed by atoms with Crippen LogP contribution in [0.3, 0.4) is 0 Å². The van der Waals surface area contributed by atoms with Crippen LogP contribution >= 0.6 is 11.6 Å². The van der Waals surface area contributed by atoms with Gasteiger partial charge in [-0.25, -0.2) is 9.18 Å². The molecule has 0 saturated heterocycles. The van der Waals surface area contributed by atoms with Gasteiger partial charge in [-0.05, 0) is 35.9 Å². The Kier molecular flexibility index (Phi) is 4.77. The lowest BCUT2D eigenvalue weighted by molar-refractivity contribution is -0.139. The van der Waals surface area contributed by atoms with E-state index < -0.39 is 18.4 Å². The second-order valence-corrected chi connectivity index (χ2v) is 4.73. The summed E-state index contributed by atoms with van der Waals surface area (Å²) in [4.78, 5) is 10.6. The summed E-state index contributed by atoms with van der Waals surface area (Å²) in [6.07, 6.45) is 0. The molecule has 0 radical (unpaired) electrons. The van der Waals surface area contributed by atoms with Crippen LogP contribution in [0.1, 0.15) is 5.56 Å². The zero-order valence-corrected chi connectivity index (χ0v) is 11.6. The Morgan fingerprint density at radius 3 is 2.62 bits per heavy atom. The molecule has 2 N–H and O–H groups in total. The van der Waals surface area contributed by atoms with E-state index in [9.17, 15) is 9.18 Å². The first-order valence-corrected chi connectivity index (χ1v) is 6.43. The van der Waals surface area contributed by atoms with Crippen LogP contribution in [0.4, 0.5) is 4.39 Å². The summed E-state index contributed by atoms with van der Waals surface area (Å²) in [5.74, 6) is -1.45. The molecule has 0 saturated carbocycles. The Bertz CT molecular complexity index is 673. The maximum Gasteiger partial charge on any atom is 0.341 e. The maximum absolute atomic E-state index is 14.0. The lowest BCUT2D eigenvalue weighted by atomic mass is 10.0. The Hall–Kier alpha value is -2.11. The van der Waals surface area contributed by atoms with Gasteiger partial charge in [-0.15, -0.1) is 0 Å². The van der Waals surface area contributed by atoms with Crippen molar-refractivity contribution < 1.29 is 24.1 Å². The molecule has 2 aromatic rings. The minimum Gasteiger partial charge on any atom is -0.481 e. The molecule has 0 aromatic heterocycles. The first kappa shape index (κ1) is 15.3. The van der Waals surface area contributed by atoms with Crippen molar-refractivity contribution >= 4 is 17.6 Å². The third kappa shape index (κ3) is 3.71. The van der Waals surface area contributed by atoms with Gasteiger partial charge in [-0.3, -0.25) is 0 Å². The van der Waals surface area contributed by atoms with Crippen molar-refractivity contribution in [3.63, 3.8) is 0 Å². The average molecular weight is 311 g/mol. The number of carboxylic acids is 1. The van der Waals surface area contributed by atoms with Gasteiger partial charge in [-0.1, -0.05) is 17.7 Å². The monoisotopic (exact) mass is 310 g/mol. The first-order valence-electron chi connectivity index (χ1n) is 6.05. The number of benzene rings is 2. The quantitative estimate of drug-likeness (QED) is 0.890. The molecule has 0 spiro atoms. The van der Waals surface area contributed by atoms with Gasteiger partial charge in [0, 0.05) is 16.1 Å². The molecule has 4 nitrogen and oxygen atoms in total. The Morgan fingerprint density at radius 2 is 1.95 bits per heavy atom. The Balaban J connectivity index is 2.51. The van der Waals surface area contributed by atoms with E-state index in [0.29, 0.717) is 16.1 Å². The molecule has 21 heavy (non-hydrogen) atoms. The third-order valence-corrected chi connectivity index (χ3v) is 3.03. The van der Waals surface area contributed by atoms with Gasteiger partial charge in [0.1, 0.15) is 11.6 Å². The number of hydrogen-bond acceptors (Lipinski definition) is 3. The zero-order chi connectivity index (χ0) is 15.4. The van der Waals surface area contributed by atoms with Gasteiger partial charge < -0.3 is 14.9 Å². The summed E-state index contributed by atoms with van der Waals surface area (Å²) in [6, 6.07) is 8.64. The molecule has 6 heteroatoms. The normalized spacial score (nSPS) is 10.4. The van der Waals surface area contributed by atoms with Crippen LogP contribution < -0.4 is 4.74 Å². The number of carbonyl (C=O) groups is 1. The number of aliphatic carboxylic acids is 1. The van der Waals surface area contributed by atoms with E-state index >= 15 is 0 Å². The van der Waals surface area contributed by atoms with Crippen LogP contribution in [0.25, 0.3) is 11.1 Å². The highest BCUT2D eigenvalue weighted by Gasteiger charge is 2.13. The number of rotatable bonds is 5. The number of aliphatic hydroxyl groups is 1. The van der Waals surface area contributed by atoms with Crippen LogP contribution in [0.15, 0.2) is 36.4 Å². The van der Waals surface area contributed by atoms with E-state index in [2.05, 4.69) is 0 Å². The standard InChI is InChI=1S/C15H12ClFO4/c16-10-2-4-14(21-8-15(19)20)12(6-10)11-5-9(7-18)1-3-13(11)17/h1-6,18H,7-8H2,(H,19,20). The van der Waals surface area contributed by atoms with Crippen LogP contribution in [-0.2, 0) is 11.4 Å². The molecule has 0 amide bonds. The number of aliphatic hydroxyl groups excluding tert-OH is 1. The molecule has 2 rings (SSSR count). The number of carboxylic acid groups (broad SMARTS) is 1. The fourth-order valence-electron chi connectivity index (χ4n) is 1.86. The van der Waals surface area contributed by atoms with Gasteiger partial charge in [0.05, 0.1) is 6.61 Å². The highest BCUT2D eigenvalue weighted by molar-refractivity contribution is 6.31. The number of ether oxygens (including phenoxy) is 1. The van der Waals surface area contributed by atoms with Crippen molar-refractivity contribution in [1.82, 2.24) is 0 Å². The third-order valence-electron chi connectivity index (χ3n) is 2.80. The molecule has 0 aliphatic heterocycles. The van der Waals surface area contributed by atoms with E-state index in [1.165, 1.54) is 36.4 Å². The van der Waals surface area contributed by atoms with Crippen molar-refractivity contribution in [2.75, 3.05) is 6.61 Å². The maximum atomic E-state index is 14.0. The second-order valence-electron chi connectivity index (χ2n) is 4.30. The molecule has 110 valence electrons. The highest BCUT2D eigenvalue weighted by atomic mass is 35.5. The van der Waals surface area contributed by atoms with Crippen LogP contribution in [0.2, 0.25) is 5.02 Å². The van der Waals surface area contributed by atoms with E-state index in [-0.39, 0.29) is 17.9 Å². The summed E-state index contributed by atoms with van der Waals surface area (Å²) in [7, 11) is 0. The van der Waals surface area contributed by atoms with Gasteiger partial charge in [0.15, 0.2) is 6.61 Å². The molecule has 2 aromatic carbocycles. The fourth-order valence-corrected chi connectivity index (χ4v) is 2.03. The Morgan fingerprint density at radius 1 is 1.19 bits per heavy atom. The molecule has 0 unspecified atom stereocenters. The fraction of sp³-hybridized carbons (Fsp3) is 0.133. The molecular weight excluding hydrogens is 299 g/mol. The first-order chi connectivity index (χ1) is 10.0. The van der Waals surface area contributed by atoms with Gasteiger partial charge in [0.25, 0.3) is 0 Å². The Labute approximate surface area is 125 Å². The van der Waals surface area contributed by atoms with Crippen molar-refractivity contribution in [3.05, 3.63) is 52.8 Å². The lowest BCUT2D eigenvalue weighted by Gasteiger charge is -2.12. The summed E-state index contributed by atoms with van der Waals surface area (Å²) >= 11 is 5.91. The molecule has 0 aliphatic carbocycles. The zero-order valence-electron chi connectivity index (χ0n) is 10.8. The van der Waals surface area contributed by atoms with Gasteiger partial charge in [0.2, 0.25) is 0 Å². The predicted octanol–water partition coefficient (Wildman–Crippen LogP) is 3.10. The average Bonchev–Trinajstić information content (AvgIpc) is 2.46. The van der Waals surface area contributed by atoms with Gasteiger partial charge in [-0.2, -0.15) is 0 Å². The van der Waals surface area contributed by atoms with E-state index in [0.717, 1.165) is 0 Å². The van der Waals surface area contributed by atoms with E-state index in [1.807, 2.05) is 0 Å². The van der Waals surface area contributed by atoms with Crippen molar-refractivity contribution in [2.45, 2.75) is 6.61 Å². The van der Waals surface area contributed by atoms with Crippen LogP contribution in [0.5, 0.6) is 5.75 Å². The number of hydrogen-bond donors (Lipinski definition) is 2. The van der Waals surface area contributed by atoms with Crippen LogP contribution in [0, 0.1) is 5.82 Å². The smallest absolute Gasteiger partial charge is 0.341 e. The summed E-state index contributed by atoms with van der Waals surface area (Å²) in [6.45, 7) is -0.783. The SMILES string of the molecule is O=C(O)COc1ccc(Cl)cc1-c1cc(CO)ccc1F.